The van der Waals surface area contributed by atoms with E-state index in [0.717, 1.165) is 28.0 Å². The van der Waals surface area contributed by atoms with Crippen molar-refractivity contribution in [2.24, 2.45) is 17.8 Å². The monoisotopic (exact) mass is 858 g/mol. The fraction of sp³-hybridized carbons (Fsp3) is 0.569. The van der Waals surface area contributed by atoms with Gasteiger partial charge in [0.15, 0.2) is 11.6 Å². The first-order valence-corrected chi connectivity index (χ1v) is 22.3. The maximum absolute atomic E-state index is 13.1. The number of benzene rings is 2. The summed E-state index contributed by atoms with van der Waals surface area (Å²) in [4.78, 5) is 26.1. The lowest BCUT2D eigenvalue weighted by Gasteiger charge is -2.23. The van der Waals surface area contributed by atoms with E-state index in [0.29, 0.717) is 42.9 Å². The highest BCUT2D eigenvalue weighted by molar-refractivity contribution is 5.96. The van der Waals surface area contributed by atoms with Crippen LogP contribution in [-0.2, 0) is 28.4 Å². The maximum Gasteiger partial charge on any atom is 0.339 e. The standard InChI is InChI=1S/C26H36O5.C25H34O6/c1-8-28-21-14-18(4)23-20(15-21)10-9-11-22-24(31-26(6,7)30-22)17(3)13-12-16(2)19(5)29-25(23)27;1-7-28-19-13-16(3)22-18(14-19)9-8-10-21-23(31-25(5,6)30-21)20(26)12-11-15(2)17(4)29-24(22)27/h9-10,12-17,19,22,24H,8,11H2,1-7H3;8-9,11-15,17,20-21,23,26H,7,10H2,1-6H3/b10-9+,13-12-;9-8+,12-11-/t16-,17?,19+,22+,24-;15-,17+,20?,21+,23-/m11/s1. The van der Waals surface area contributed by atoms with Gasteiger partial charge in [0.05, 0.1) is 42.7 Å². The molecule has 4 aliphatic rings. The Morgan fingerprint density at radius 1 is 0.597 bits per heavy atom. The van der Waals surface area contributed by atoms with Gasteiger partial charge in [0.2, 0.25) is 0 Å². The molecule has 2 saturated heterocycles. The highest BCUT2D eigenvalue weighted by Gasteiger charge is 2.44. The zero-order valence-electron chi connectivity index (χ0n) is 39.1. The van der Waals surface area contributed by atoms with Crippen LogP contribution in [0.1, 0.15) is 132 Å². The van der Waals surface area contributed by atoms with E-state index in [2.05, 4.69) is 32.1 Å². The summed E-state index contributed by atoms with van der Waals surface area (Å²) in [7, 11) is 0. The van der Waals surface area contributed by atoms with E-state index in [1.165, 1.54) is 0 Å². The molecule has 11 nitrogen and oxygen atoms in total. The lowest BCUT2D eigenvalue weighted by atomic mass is 9.94. The number of rotatable bonds is 4. The molecule has 62 heavy (non-hydrogen) atoms. The Bertz CT molecular complexity index is 1850. The molecule has 6 rings (SSSR count). The fourth-order valence-electron chi connectivity index (χ4n) is 8.21. The smallest absolute Gasteiger partial charge is 0.339 e. The first-order chi connectivity index (χ1) is 29.2. The molecule has 0 radical (unpaired) electrons. The van der Waals surface area contributed by atoms with E-state index >= 15 is 0 Å². The number of aliphatic hydroxyl groups is 1. The molecular weight excluding hydrogens is 789 g/mol. The molecule has 0 saturated carbocycles. The number of hydrogen-bond donors (Lipinski definition) is 1. The summed E-state index contributed by atoms with van der Waals surface area (Å²) in [5.41, 5.74) is 4.27. The predicted molar refractivity (Wildman–Crippen MR) is 241 cm³/mol. The van der Waals surface area contributed by atoms with Crippen LogP contribution >= 0.6 is 0 Å². The predicted octanol–water partition coefficient (Wildman–Crippen LogP) is 10.1. The van der Waals surface area contributed by atoms with Crippen LogP contribution < -0.4 is 9.47 Å². The summed E-state index contributed by atoms with van der Waals surface area (Å²) in [6, 6.07) is 7.51. The van der Waals surface area contributed by atoms with Crippen molar-refractivity contribution in [3.05, 3.63) is 94.1 Å². The van der Waals surface area contributed by atoms with Gasteiger partial charge in [0, 0.05) is 17.8 Å². The van der Waals surface area contributed by atoms with Gasteiger partial charge in [0.1, 0.15) is 35.9 Å². The zero-order chi connectivity index (χ0) is 45.5. The molecule has 2 fully saturated rings. The van der Waals surface area contributed by atoms with E-state index < -0.39 is 23.8 Å². The van der Waals surface area contributed by atoms with Crippen LogP contribution in [0.5, 0.6) is 11.5 Å². The van der Waals surface area contributed by atoms with Crippen LogP contribution in [0.3, 0.4) is 0 Å². The van der Waals surface area contributed by atoms with E-state index in [4.69, 9.17) is 37.9 Å². The summed E-state index contributed by atoms with van der Waals surface area (Å²) in [5, 5.41) is 10.7. The number of esters is 2. The Hall–Kier alpha value is -4.26. The highest BCUT2D eigenvalue weighted by Crippen LogP contribution is 2.37. The van der Waals surface area contributed by atoms with E-state index in [1.54, 1.807) is 6.08 Å². The molecule has 2 unspecified atom stereocenters. The average Bonchev–Trinajstić information content (AvgIpc) is 3.68. The molecule has 2 aromatic carbocycles. The number of hydrogen-bond acceptors (Lipinski definition) is 11. The van der Waals surface area contributed by atoms with Crippen LogP contribution in [-0.4, -0.2) is 84.6 Å². The van der Waals surface area contributed by atoms with Crippen molar-refractivity contribution in [2.45, 2.75) is 157 Å². The third kappa shape index (κ3) is 12.5. The minimum absolute atomic E-state index is 0.0418. The highest BCUT2D eigenvalue weighted by atomic mass is 16.8. The Morgan fingerprint density at radius 2 is 1.00 bits per heavy atom. The van der Waals surface area contributed by atoms with Crippen molar-refractivity contribution in [1.82, 2.24) is 0 Å². The van der Waals surface area contributed by atoms with Crippen LogP contribution in [0.15, 0.2) is 60.7 Å². The van der Waals surface area contributed by atoms with Crippen molar-refractivity contribution < 1.29 is 52.6 Å². The van der Waals surface area contributed by atoms with Gasteiger partial charge in [-0.15, -0.1) is 0 Å². The number of ether oxygens (including phenoxy) is 8. The van der Waals surface area contributed by atoms with Crippen molar-refractivity contribution in [2.75, 3.05) is 13.2 Å². The van der Waals surface area contributed by atoms with Gasteiger partial charge >= 0.3 is 11.9 Å². The second kappa shape index (κ2) is 20.9. The lowest BCUT2D eigenvalue weighted by molar-refractivity contribution is -0.152. The molecule has 340 valence electrons. The van der Waals surface area contributed by atoms with Gasteiger partial charge in [0.25, 0.3) is 0 Å². The van der Waals surface area contributed by atoms with Crippen LogP contribution in [0.2, 0.25) is 0 Å². The number of fused-ring (bicyclic) bond motifs is 4. The minimum Gasteiger partial charge on any atom is -0.494 e. The number of aryl methyl sites for hydroxylation is 2. The second-order valence-electron chi connectivity index (χ2n) is 17.9. The van der Waals surface area contributed by atoms with Crippen molar-refractivity contribution in [1.29, 1.82) is 0 Å². The molecule has 0 spiro atoms. The number of aliphatic hydroxyl groups excluding tert-OH is 1. The lowest BCUT2D eigenvalue weighted by Crippen LogP contribution is -2.34. The van der Waals surface area contributed by atoms with Crippen LogP contribution in [0.25, 0.3) is 12.2 Å². The van der Waals surface area contributed by atoms with Crippen LogP contribution in [0, 0.1) is 31.6 Å². The summed E-state index contributed by atoms with van der Waals surface area (Å²) < 4.78 is 47.5. The molecule has 0 aromatic heterocycles. The van der Waals surface area contributed by atoms with Gasteiger partial charge in [-0.1, -0.05) is 69.4 Å². The third-order valence-corrected chi connectivity index (χ3v) is 11.7. The topological polar surface area (TPSA) is 128 Å². The number of cyclic esters (lactones) is 2. The van der Waals surface area contributed by atoms with E-state index in [-0.39, 0.29) is 60.2 Å². The normalized spacial score (nSPS) is 32.9. The van der Waals surface area contributed by atoms with Crippen LogP contribution in [0.4, 0.5) is 0 Å². The largest absolute Gasteiger partial charge is 0.494 e. The molecule has 4 aliphatic heterocycles. The maximum atomic E-state index is 13.1. The zero-order valence-corrected chi connectivity index (χ0v) is 39.1. The molecule has 11 heteroatoms. The Morgan fingerprint density at radius 3 is 1.45 bits per heavy atom. The molecule has 10 atom stereocenters. The van der Waals surface area contributed by atoms with Gasteiger partial charge in [-0.2, -0.15) is 0 Å². The van der Waals surface area contributed by atoms with Crippen molar-refractivity contribution in [3.63, 3.8) is 0 Å². The van der Waals surface area contributed by atoms with Crippen molar-refractivity contribution >= 4 is 24.1 Å². The Labute approximate surface area is 369 Å². The molecular formula is C51H70O11. The molecule has 0 bridgehead atoms. The molecule has 0 amide bonds. The Balaban J connectivity index is 0.000000234. The minimum atomic E-state index is -0.826. The molecule has 4 heterocycles. The average molecular weight is 859 g/mol. The first kappa shape index (κ1) is 48.8. The first-order valence-electron chi connectivity index (χ1n) is 22.3. The quantitative estimate of drug-likeness (QED) is 0.233. The summed E-state index contributed by atoms with van der Waals surface area (Å²) in [6.45, 7) is 26.3. The van der Waals surface area contributed by atoms with Crippen molar-refractivity contribution in [3.8, 4) is 11.5 Å². The van der Waals surface area contributed by atoms with E-state index in [9.17, 15) is 14.7 Å². The number of carbonyl (C=O) groups is 2. The van der Waals surface area contributed by atoms with Gasteiger partial charge in [-0.25, -0.2) is 9.59 Å². The van der Waals surface area contributed by atoms with Gasteiger partial charge in [-0.05, 0) is 129 Å². The van der Waals surface area contributed by atoms with Gasteiger partial charge in [-0.3, -0.25) is 0 Å². The third-order valence-electron chi connectivity index (χ3n) is 11.7. The molecule has 2 aromatic rings. The fourth-order valence-corrected chi connectivity index (χ4v) is 8.21. The summed E-state index contributed by atoms with van der Waals surface area (Å²) in [6.07, 6.45) is 14.6. The Kier molecular flexibility index (Phi) is 16.5. The van der Waals surface area contributed by atoms with E-state index in [1.807, 2.05) is 125 Å². The molecule has 1 N–H and O–H groups in total. The molecule has 0 aliphatic carbocycles. The summed E-state index contributed by atoms with van der Waals surface area (Å²) >= 11 is 0. The second-order valence-corrected chi connectivity index (χ2v) is 17.9. The SMILES string of the molecule is CCOc1cc(C)c2c(c1)/C=C/C[C@@H]1OC(C)(C)O[C@@H]1C(C)/C=C\[C@@H](C)[C@H](C)OC2=O.CCOc1cc(C)c2c(c1)/C=C/C[C@@H]1OC(C)(C)O[C@@H]1C(O)/C=C\[C@@H](C)[C@H](C)OC2=O. The summed E-state index contributed by atoms with van der Waals surface area (Å²) in [5.74, 6) is -0.460. The van der Waals surface area contributed by atoms with Gasteiger partial charge < -0.3 is 43.0 Å². The number of carbonyl (C=O) groups excluding carboxylic acids is 2.